The molecule has 1 heterocycles. The van der Waals surface area contributed by atoms with Gasteiger partial charge in [0.15, 0.2) is 0 Å². The number of carboxylic acids is 1. The lowest BCUT2D eigenvalue weighted by Crippen LogP contribution is -2.01. The quantitative estimate of drug-likeness (QED) is 0.871. The van der Waals surface area contributed by atoms with E-state index >= 15 is 0 Å². The minimum atomic E-state index is -1.27. The van der Waals surface area contributed by atoms with Crippen LogP contribution in [0.25, 0.3) is 0 Å². The van der Waals surface area contributed by atoms with Crippen molar-refractivity contribution in [2.45, 2.75) is 10.8 Å². The Balaban J connectivity index is 2.09. The molecule has 0 radical (unpaired) electrons. The zero-order valence-corrected chi connectivity index (χ0v) is 11.2. The third-order valence-corrected chi connectivity index (χ3v) is 3.59. The Labute approximate surface area is 118 Å². The number of rotatable bonds is 4. The van der Waals surface area contributed by atoms with Crippen molar-refractivity contribution in [1.29, 1.82) is 0 Å². The van der Waals surface area contributed by atoms with Crippen LogP contribution in [0.3, 0.4) is 0 Å². The lowest BCUT2D eigenvalue weighted by molar-refractivity contribution is 0.0692. The van der Waals surface area contributed by atoms with E-state index in [1.807, 2.05) is 0 Å². The molecule has 0 fully saturated rings. The molecule has 0 aliphatic heterocycles. The Morgan fingerprint density at radius 1 is 1.37 bits per heavy atom. The minimum Gasteiger partial charge on any atom is -0.478 e. The van der Waals surface area contributed by atoms with Crippen LogP contribution >= 0.6 is 23.4 Å². The number of pyridine rings is 1. The highest BCUT2D eigenvalue weighted by Crippen LogP contribution is 2.23. The third kappa shape index (κ3) is 3.68. The molecule has 0 amide bonds. The van der Waals surface area contributed by atoms with Crippen LogP contribution in [0.2, 0.25) is 5.02 Å². The van der Waals surface area contributed by atoms with Crippen LogP contribution in [-0.2, 0) is 5.75 Å². The van der Waals surface area contributed by atoms with Gasteiger partial charge < -0.3 is 5.11 Å². The van der Waals surface area contributed by atoms with Crippen molar-refractivity contribution in [2.75, 3.05) is 0 Å². The molecule has 0 spiro atoms. The standard InChI is InChI=1S/C13H9ClFNO2S/c14-9-2-4-12(16-6-9)19-7-8-1-3-11(15)10(5-8)13(17)18/h1-6H,7H2,(H,17,18). The molecule has 2 aromatic rings. The summed E-state index contributed by atoms with van der Waals surface area (Å²) in [5, 5.41) is 10.2. The number of carboxylic acid groups (broad SMARTS) is 1. The molecule has 0 unspecified atom stereocenters. The Kier molecular flexibility index (Phi) is 4.39. The SMILES string of the molecule is O=C(O)c1cc(CSc2ccc(Cl)cn2)ccc1F. The van der Waals surface area contributed by atoms with Crippen molar-refractivity contribution >= 4 is 29.3 Å². The lowest BCUT2D eigenvalue weighted by Gasteiger charge is -2.04. The van der Waals surface area contributed by atoms with E-state index in [0.29, 0.717) is 10.8 Å². The fraction of sp³-hybridized carbons (Fsp3) is 0.0769. The van der Waals surface area contributed by atoms with Crippen LogP contribution in [-0.4, -0.2) is 16.1 Å². The molecule has 0 aliphatic carbocycles. The van der Waals surface area contributed by atoms with Crippen molar-refractivity contribution in [3.8, 4) is 0 Å². The van der Waals surface area contributed by atoms with E-state index in [2.05, 4.69) is 4.98 Å². The van der Waals surface area contributed by atoms with E-state index in [-0.39, 0.29) is 5.56 Å². The largest absolute Gasteiger partial charge is 0.478 e. The molecule has 1 N–H and O–H groups in total. The second kappa shape index (κ2) is 6.04. The molecule has 0 atom stereocenters. The summed E-state index contributed by atoms with van der Waals surface area (Å²) in [7, 11) is 0. The monoisotopic (exact) mass is 297 g/mol. The summed E-state index contributed by atoms with van der Waals surface area (Å²) >= 11 is 7.15. The van der Waals surface area contributed by atoms with Crippen molar-refractivity contribution in [3.05, 3.63) is 58.5 Å². The first kappa shape index (κ1) is 13.8. The summed E-state index contributed by atoms with van der Waals surface area (Å²) in [6.07, 6.45) is 1.54. The third-order valence-electron chi connectivity index (χ3n) is 2.35. The smallest absolute Gasteiger partial charge is 0.338 e. The highest BCUT2D eigenvalue weighted by molar-refractivity contribution is 7.98. The zero-order valence-electron chi connectivity index (χ0n) is 9.64. The molecule has 1 aromatic carbocycles. The Bertz CT molecular complexity index is 604. The average Bonchev–Trinajstić information content (AvgIpc) is 2.39. The second-order valence-electron chi connectivity index (χ2n) is 3.72. The number of hydrogen-bond acceptors (Lipinski definition) is 3. The number of nitrogens with zero attached hydrogens (tertiary/aromatic N) is 1. The Morgan fingerprint density at radius 3 is 2.79 bits per heavy atom. The molecular formula is C13H9ClFNO2S. The molecule has 98 valence electrons. The van der Waals surface area contributed by atoms with Gasteiger partial charge in [-0.2, -0.15) is 0 Å². The molecule has 0 saturated heterocycles. The van der Waals surface area contributed by atoms with Gasteiger partial charge in [0.25, 0.3) is 0 Å². The molecule has 0 aliphatic rings. The maximum atomic E-state index is 13.2. The van der Waals surface area contributed by atoms with Crippen LogP contribution in [0.4, 0.5) is 4.39 Å². The zero-order chi connectivity index (χ0) is 13.8. The topological polar surface area (TPSA) is 50.2 Å². The number of hydrogen-bond donors (Lipinski definition) is 1. The molecule has 2 rings (SSSR count). The summed E-state index contributed by atoms with van der Waals surface area (Å²) in [5.41, 5.74) is 0.405. The van der Waals surface area contributed by atoms with Crippen molar-refractivity contribution in [1.82, 2.24) is 4.98 Å². The van der Waals surface area contributed by atoms with Crippen LogP contribution in [0.1, 0.15) is 15.9 Å². The predicted molar refractivity (Wildman–Crippen MR) is 72.2 cm³/mol. The summed E-state index contributed by atoms with van der Waals surface area (Å²) < 4.78 is 13.2. The molecule has 19 heavy (non-hydrogen) atoms. The van der Waals surface area contributed by atoms with Gasteiger partial charge in [-0.3, -0.25) is 0 Å². The highest BCUT2D eigenvalue weighted by atomic mass is 35.5. The number of carbonyl (C=O) groups is 1. The van der Waals surface area contributed by atoms with E-state index in [0.717, 1.165) is 16.7 Å². The van der Waals surface area contributed by atoms with E-state index in [1.54, 1.807) is 18.2 Å². The van der Waals surface area contributed by atoms with Gasteiger partial charge in [-0.1, -0.05) is 17.7 Å². The predicted octanol–water partition coefficient (Wildman–Crippen LogP) is 3.86. The highest BCUT2D eigenvalue weighted by Gasteiger charge is 2.10. The average molecular weight is 298 g/mol. The van der Waals surface area contributed by atoms with Crippen molar-refractivity contribution in [3.63, 3.8) is 0 Å². The molecule has 6 heteroatoms. The first-order valence-corrected chi connectivity index (χ1v) is 6.68. The molecule has 0 saturated carbocycles. The first-order chi connectivity index (χ1) is 9.06. The van der Waals surface area contributed by atoms with Gasteiger partial charge >= 0.3 is 5.97 Å². The number of thioether (sulfide) groups is 1. The molecule has 3 nitrogen and oxygen atoms in total. The van der Waals surface area contributed by atoms with E-state index in [9.17, 15) is 9.18 Å². The fourth-order valence-corrected chi connectivity index (χ4v) is 2.33. The maximum Gasteiger partial charge on any atom is 0.338 e. The summed E-state index contributed by atoms with van der Waals surface area (Å²) in [6.45, 7) is 0. The van der Waals surface area contributed by atoms with E-state index in [1.165, 1.54) is 24.0 Å². The molecule has 1 aromatic heterocycles. The van der Waals surface area contributed by atoms with Gasteiger partial charge in [-0.25, -0.2) is 14.2 Å². The maximum absolute atomic E-state index is 13.2. The van der Waals surface area contributed by atoms with Gasteiger partial charge in [0, 0.05) is 11.9 Å². The Hall–Kier alpha value is -1.59. The number of halogens is 2. The van der Waals surface area contributed by atoms with Gasteiger partial charge in [0.1, 0.15) is 5.82 Å². The van der Waals surface area contributed by atoms with Crippen molar-refractivity contribution < 1.29 is 14.3 Å². The normalized spacial score (nSPS) is 10.4. The van der Waals surface area contributed by atoms with Gasteiger partial charge in [-0.05, 0) is 29.8 Å². The summed E-state index contributed by atoms with van der Waals surface area (Å²) in [6, 6.07) is 7.55. The fourth-order valence-electron chi connectivity index (χ4n) is 1.43. The lowest BCUT2D eigenvalue weighted by atomic mass is 10.1. The van der Waals surface area contributed by atoms with Crippen LogP contribution in [0, 0.1) is 5.82 Å². The van der Waals surface area contributed by atoms with Gasteiger partial charge in [0.05, 0.1) is 15.6 Å². The van der Waals surface area contributed by atoms with Crippen molar-refractivity contribution in [2.24, 2.45) is 0 Å². The van der Waals surface area contributed by atoms with Crippen LogP contribution in [0.5, 0.6) is 0 Å². The summed E-state index contributed by atoms with van der Waals surface area (Å²) in [5.74, 6) is -1.49. The van der Waals surface area contributed by atoms with E-state index < -0.39 is 11.8 Å². The second-order valence-corrected chi connectivity index (χ2v) is 5.15. The summed E-state index contributed by atoms with van der Waals surface area (Å²) in [4.78, 5) is 14.9. The van der Waals surface area contributed by atoms with Gasteiger partial charge in [-0.15, -0.1) is 11.8 Å². The van der Waals surface area contributed by atoms with Crippen LogP contribution in [0.15, 0.2) is 41.6 Å². The molecule has 0 bridgehead atoms. The van der Waals surface area contributed by atoms with Gasteiger partial charge in [0.2, 0.25) is 0 Å². The number of aromatic nitrogens is 1. The Morgan fingerprint density at radius 2 is 2.16 bits per heavy atom. The molecular weight excluding hydrogens is 289 g/mol. The number of benzene rings is 1. The minimum absolute atomic E-state index is 0.317. The first-order valence-electron chi connectivity index (χ1n) is 5.32. The van der Waals surface area contributed by atoms with E-state index in [4.69, 9.17) is 16.7 Å². The van der Waals surface area contributed by atoms with Crippen LogP contribution < -0.4 is 0 Å². The number of aromatic carboxylic acids is 1.